The zero-order chi connectivity index (χ0) is 11.8. The van der Waals surface area contributed by atoms with Gasteiger partial charge in [0.05, 0.1) is 6.04 Å². The van der Waals surface area contributed by atoms with E-state index in [9.17, 15) is 4.79 Å². The summed E-state index contributed by atoms with van der Waals surface area (Å²) in [6.07, 6.45) is 1.82. The fourth-order valence-corrected chi connectivity index (χ4v) is 1.43. The Morgan fingerprint density at radius 1 is 1.33 bits per heavy atom. The Morgan fingerprint density at radius 2 is 1.93 bits per heavy atom. The smallest absolute Gasteiger partial charge is 0.251 e. The molecular weight excluding hydrogens is 192 g/mol. The Bertz CT molecular complexity index is 184. The van der Waals surface area contributed by atoms with E-state index in [4.69, 9.17) is 5.84 Å². The molecule has 0 rings (SSSR count). The third kappa shape index (κ3) is 5.71. The van der Waals surface area contributed by atoms with Crippen molar-refractivity contribution in [3.8, 4) is 0 Å². The molecule has 5 nitrogen and oxygen atoms in total. The van der Waals surface area contributed by atoms with E-state index < -0.39 is 0 Å². The summed E-state index contributed by atoms with van der Waals surface area (Å²) in [4.78, 5) is 15.6. The SMILES string of the molecule is CCCC(C(=O)NN)N(C)CCN(C)C. The predicted octanol–water partition coefficient (Wildman–Crippen LogP) is -0.362. The van der Waals surface area contributed by atoms with Crippen LogP contribution in [0.2, 0.25) is 0 Å². The van der Waals surface area contributed by atoms with E-state index in [2.05, 4.69) is 17.2 Å². The largest absolute Gasteiger partial charge is 0.308 e. The molecule has 3 N–H and O–H groups in total. The first-order chi connectivity index (χ1) is 7.02. The van der Waals surface area contributed by atoms with Crippen LogP contribution in [0, 0.1) is 0 Å². The van der Waals surface area contributed by atoms with Crippen LogP contribution < -0.4 is 11.3 Å². The second-order valence-corrected chi connectivity index (χ2v) is 4.10. The van der Waals surface area contributed by atoms with E-state index in [-0.39, 0.29) is 11.9 Å². The second kappa shape index (κ2) is 7.62. The standard InChI is InChI=1S/C10H24N4O/c1-5-6-9(10(15)12-11)14(4)8-7-13(2)3/h9H,5-8,11H2,1-4H3,(H,12,15). The van der Waals surface area contributed by atoms with E-state index in [1.165, 1.54) is 0 Å². The average Bonchev–Trinajstić information content (AvgIpc) is 2.21. The number of carbonyl (C=O) groups excluding carboxylic acids is 1. The quantitative estimate of drug-likeness (QED) is 0.346. The highest BCUT2D eigenvalue weighted by Crippen LogP contribution is 2.04. The number of hydrogen-bond acceptors (Lipinski definition) is 4. The zero-order valence-electron chi connectivity index (χ0n) is 10.3. The molecule has 1 atom stereocenters. The number of rotatable bonds is 7. The Balaban J connectivity index is 4.15. The first-order valence-corrected chi connectivity index (χ1v) is 5.38. The van der Waals surface area contributed by atoms with Crippen LogP contribution in [0.15, 0.2) is 0 Å². The lowest BCUT2D eigenvalue weighted by molar-refractivity contribution is -0.126. The van der Waals surface area contributed by atoms with Gasteiger partial charge in [-0.05, 0) is 27.6 Å². The van der Waals surface area contributed by atoms with Gasteiger partial charge in [-0.3, -0.25) is 15.1 Å². The normalized spacial score (nSPS) is 13.3. The summed E-state index contributed by atoms with van der Waals surface area (Å²) in [5, 5.41) is 0. The van der Waals surface area contributed by atoms with E-state index in [1.54, 1.807) is 0 Å². The molecule has 0 aliphatic carbocycles. The van der Waals surface area contributed by atoms with Crippen LogP contribution in [0.5, 0.6) is 0 Å². The Labute approximate surface area is 92.6 Å². The molecule has 1 amide bonds. The maximum atomic E-state index is 11.5. The van der Waals surface area contributed by atoms with Crippen molar-refractivity contribution in [3.05, 3.63) is 0 Å². The maximum Gasteiger partial charge on any atom is 0.251 e. The Kier molecular flexibility index (Phi) is 7.29. The Hall–Kier alpha value is -0.650. The number of nitrogens with two attached hydrogens (primary N) is 1. The van der Waals surface area contributed by atoms with Gasteiger partial charge in [-0.15, -0.1) is 0 Å². The maximum absolute atomic E-state index is 11.5. The Morgan fingerprint density at radius 3 is 2.33 bits per heavy atom. The van der Waals surface area contributed by atoms with Crippen molar-refractivity contribution in [1.82, 2.24) is 15.2 Å². The summed E-state index contributed by atoms with van der Waals surface area (Å²) in [5.74, 6) is 5.06. The number of likely N-dealkylation sites (N-methyl/N-ethyl adjacent to an activating group) is 2. The molecule has 0 saturated heterocycles. The van der Waals surface area contributed by atoms with Gasteiger partial charge in [0.1, 0.15) is 0 Å². The molecule has 0 aliphatic heterocycles. The number of hydrogen-bond donors (Lipinski definition) is 2. The molecule has 5 heteroatoms. The molecule has 0 aromatic carbocycles. The van der Waals surface area contributed by atoms with Gasteiger partial charge in [0.15, 0.2) is 0 Å². The molecule has 15 heavy (non-hydrogen) atoms. The van der Waals surface area contributed by atoms with Crippen LogP contribution in [-0.4, -0.2) is 56.0 Å². The molecular formula is C10H24N4O. The topological polar surface area (TPSA) is 61.6 Å². The van der Waals surface area contributed by atoms with Crippen LogP contribution in [0.1, 0.15) is 19.8 Å². The fourth-order valence-electron chi connectivity index (χ4n) is 1.43. The molecule has 0 aromatic heterocycles. The van der Waals surface area contributed by atoms with E-state index in [1.807, 2.05) is 26.0 Å². The minimum atomic E-state index is -0.111. The van der Waals surface area contributed by atoms with Crippen LogP contribution in [0.3, 0.4) is 0 Å². The molecule has 0 saturated carbocycles. The fraction of sp³-hybridized carbons (Fsp3) is 0.900. The van der Waals surface area contributed by atoms with Gasteiger partial charge < -0.3 is 4.90 Å². The van der Waals surface area contributed by atoms with Gasteiger partial charge in [0.2, 0.25) is 0 Å². The van der Waals surface area contributed by atoms with Crippen molar-refractivity contribution in [1.29, 1.82) is 0 Å². The molecule has 0 aliphatic rings. The van der Waals surface area contributed by atoms with Crippen molar-refractivity contribution >= 4 is 5.91 Å². The van der Waals surface area contributed by atoms with Crippen molar-refractivity contribution in [2.24, 2.45) is 5.84 Å². The zero-order valence-corrected chi connectivity index (χ0v) is 10.3. The van der Waals surface area contributed by atoms with Crippen molar-refractivity contribution in [2.45, 2.75) is 25.8 Å². The predicted molar refractivity (Wildman–Crippen MR) is 62.2 cm³/mol. The van der Waals surface area contributed by atoms with Crippen LogP contribution >= 0.6 is 0 Å². The summed E-state index contributed by atoms with van der Waals surface area (Å²) in [6.45, 7) is 3.87. The van der Waals surface area contributed by atoms with Crippen LogP contribution in [0.25, 0.3) is 0 Å². The number of hydrazine groups is 1. The van der Waals surface area contributed by atoms with Crippen molar-refractivity contribution in [2.75, 3.05) is 34.2 Å². The first-order valence-electron chi connectivity index (χ1n) is 5.38. The molecule has 0 heterocycles. The molecule has 0 fully saturated rings. The molecule has 0 radical (unpaired) electrons. The minimum Gasteiger partial charge on any atom is -0.308 e. The number of nitrogens with one attached hydrogen (secondary N) is 1. The lowest BCUT2D eigenvalue weighted by Crippen LogP contribution is -2.49. The summed E-state index contributed by atoms with van der Waals surface area (Å²) in [6, 6.07) is -0.111. The molecule has 1 unspecified atom stereocenters. The lowest BCUT2D eigenvalue weighted by Gasteiger charge is -2.27. The number of amides is 1. The first kappa shape index (κ1) is 14.3. The molecule has 0 aromatic rings. The second-order valence-electron chi connectivity index (χ2n) is 4.10. The average molecular weight is 216 g/mol. The minimum absolute atomic E-state index is 0.0990. The van der Waals surface area contributed by atoms with Gasteiger partial charge in [-0.25, -0.2) is 5.84 Å². The monoisotopic (exact) mass is 216 g/mol. The van der Waals surface area contributed by atoms with Gasteiger partial charge in [0.25, 0.3) is 5.91 Å². The van der Waals surface area contributed by atoms with Gasteiger partial charge in [-0.1, -0.05) is 13.3 Å². The molecule has 0 spiro atoms. The van der Waals surface area contributed by atoms with Gasteiger partial charge >= 0.3 is 0 Å². The van der Waals surface area contributed by atoms with E-state index in [0.29, 0.717) is 0 Å². The van der Waals surface area contributed by atoms with E-state index >= 15 is 0 Å². The van der Waals surface area contributed by atoms with Gasteiger partial charge in [0, 0.05) is 13.1 Å². The van der Waals surface area contributed by atoms with Gasteiger partial charge in [-0.2, -0.15) is 0 Å². The lowest BCUT2D eigenvalue weighted by atomic mass is 10.1. The molecule has 0 bridgehead atoms. The number of nitrogens with zero attached hydrogens (tertiary/aromatic N) is 2. The third-order valence-corrected chi connectivity index (χ3v) is 2.44. The third-order valence-electron chi connectivity index (χ3n) is 2.44. The summed E-state index contributed by atoms with van der Waals surface area (Å²) < 4.78 is 0. The summed E-state index contributed by atoms with van der Waals surface area (Å²) in [7, 11) is 6.00. The van der Waals surface area contributed by atoms with Crippen LogP contribution in [0.4, 0.5) is 0 Å². The van der Waals surface area contributed by atoms with Crippen molar-refractivity contribution in [3.63, 3.8) is 0 Å². The van der Waals surface area contributed by atoms with Crippen LogP contribution in [-0.2, 0) is 4.79 Å². The highest BCUT2D eigenvalue weighted by atomic mass is 16.2. The molecule has 90 valence electrons. The van der Waals surface area contributed by atoms with Crippen molar-refractivity contribution < 1.29 is 4.79 Å². The number of carbonyl (C=O) groups is 1. The summed E-state index contributed by atoms with van der Waals surface area (Å²) >= 11 is 0. The highest BCUT2D eigenvalue weighted by molar-refractivity contribution is 5.81. The highest BCUT2D eigenvalue weighted by Gasteiger charge is 2.20. The summed E-state index contributed by atoms with van der Waals surface area (Å²) in [5.41, 5.74) is 2.22. The van der Waals surface area contributed by atoms with E-state index in [0.717, 1.165) is 25.9 Å².